The van der Waals surface area contributed by atoms with Crippen molar-refractivity contribution in [2.24, 2.45) is 11.3 Å². The van der Waals surface area contributed by atoms with Crippen LogP contribution in [0.2, 0.25) is 0 Å². The van der Waals surface area contributed by atoms with E-state index in [0.29, 0.717) is 19.6 Å². The summed E-state index contributed by atoms with van der Waals surface area (Å²) in [5.41, 5.74) is 0.607. The summed E-state index contributed by atoms with van der Waals surface area (Å²) in [5.74, 6) is 2.06. The first-order chi connectivity index (χ1) is 14.0. The number of likely N-dealkylation sites (tertiary alicyclic amines) is 3. The summed E-state index contributed by atoms with van der Waals surface area (Å²) < 4.78 is 10.9. The monoisotopic (exact) mass is 401 g/mol. The van der Waals surface area contributed by atoms with Crippen LogP contribution >= 0.6 is 0 Å². The molecule has 0 N–H and O–H groups in total. The Balaban J connectivity index is 1.55. The van der Waals surface area contributed by atoms with Crippen molar-refractivity contribution < 1.29 is 19.1 Å². The van der Waals surface area contributed by atoms with Gasteiger partial charge in [-0.15, -0.1) is 0 Å². The zero-order chi connectivity index (χ0) is 20.6. The van der Waals surface area contributed by atoms with Gasteiger partial charge in [-0.1, -0.05) is 6.07 Å². The van der Waals surface area contributed by atoms with Crippen LogP contribution in [0.3, 0.4) is 0 Å². The molecule has 7 nitrogen and oxygen atoms in total. The van der Waals surface area contributed by atoms with Gasteiger partial charge < -0.3 is 19.3 Å². The van der Waals surface area contributed by atoms with Gasteiger partial charge in [0.15, 0.2) is 0 Å². The van der Waals surface area contributed by atoms with Gasteiger partial charge in [0.25, 0.3) is 0 Å². The number of methoxy groups -OCH3 is 2. The van der Waals surface area contributed by atoms with Gasteiger partial charge in [0.2, 0.25) is 11.8 Å². The molecule has 1 aromatic rings. The molecule has 4 rings (SSSR count). The molecule has 0 radical (unpaired) electrons. The molecule has 3 saturated heterocycles. The smallest absolute Gasteiger partial charge is 0.232 e. The Labute approximate surface area is 172 Å². The van der Waals surface area contributed by atoms with E-state index in [2.05, 4.69) is 4.90 Å². The van der Waals surface area contributed by atoms with E-state index in [4.69, 9.17) is 9.47 Å². The number of rotatable bonds is 5. The normalized spacial score (nSPS) is 26.7. The van der Waals surface area contributed by atoms with Crippen molar-refractivity contribution in [3.8, 4) is 11.5 Å². The fourth-order valence-electron chi connectivity index (χ4n) is 5.29. The van der Waals surface area contributed by atoms with Crippen molar-refractivity contribution in [1.29, 1.82) is 0 Å². The van der Waals surface area contributed by atoms with Crippen LogP contribution in [0.15, 0.2) is 18.2 Å². The topological polar surface area (TPSA) is 62.3 Å². The Bertz CT molecular complexity index is 792. The third kappa shape index (κ3) is 3.56. The maximum atomic E-state index is 13.5. The van der Waals surface area contributed by atoms with E-state index in [1.54, 1.807) is 21.1 Å². The van der Waals surface area contributed by atoms with E-state index >= 15 is 0 Å². The average Bonchev–Trinajstić information content (AvgIpc) is 3.42. The van der Waals surface area contributed by atoms with Gasteiger partial charge >= 0.3 is 0 Å². The summed E-state index contributed by atoms with van der Waals surface area (Å²) in [4.78, 5) is 31.8. The molecule has 0 unspecified atom stereocenters. The molecule has 3 fully saturated rings. The molecule has 7 heteroatoms. The minimum Gasteiger partial charge on any atom is -0.497 e. The number of ether oxygens (including phenoxy) is 2. The fraction of sp³-hybridized carbons (Fsp3) is 0.636. The molecule has 29 heavy (non-hydrogen) atoms. The average molecular weight is 402 g/mol. The largest absolute Gasteiger partial charge is 0.497 e. The molecule has 0 saturated carbocycles. The highest BCUT2D eigenvalue weighted by atomic mass is 16.5. The van der Waals surface area contributed by atoms with E-state index in [1.807, 2.05) is 28.0 Å². The van der Waals surface area contributed by atoms with Gasteiger partial charge in [-0.05, 0) is 18.9 Å². The lowest BCUT2D eigenvalue weighted by atomic mass is 9.79. The number of nitrogens with zero attached hydrogens (tertiary/aromatic N) is 3. The van der Waals surface area contributed by atoms with Crippen molar-refractivity contribution in [3.05, 3.63) is 23.8 Å². The number of carbonyl (C=O) groups excluding carboxylic acids is 2. The summed E-state index contributed by atoms with van der Waals surface area (Å²) in [5, 5.41) is 0. The van der Waals surface area contributed by atoms with E-state index < -0.39 is 5.41 Å². The lowest BCUT2D eigenvalue weighted by Crippen LogP contribution is -2.49. The predicted molar refractivity (Wildman–Crippen MR) is 109 cm³/mol. The first-order valence-electron chi connectivity index (χ1n) is 10.4. The number of amides is 2. The maximum absolute atomic E-state index is 13.5. The van der Waals surface area contributed by atoms with Crippen molar-refractivity contribution >= 4 is 11.8 Å². The predicted octanol–water partition coefficient (Wildman–Crippen LogP) is 1.61. The standard InChI is InChI=1S/C22H31N3O4/c1-16(26)25-13-18-12-23(11-17-6-7-19(28-2)10-20(17)29-3)14-22(18,15-25)21(27)24-8-4-5-9-24/h6-7,10,18H,4-5,8-9,11-15H2,1-3H3/t18-,22-/m1/s1. The van der Waals surface area contributed by atoms with Crippen LogP contribution < -0.4 is 9.47 Å². The second-order valence-electron chi connectivity index (χ2n) is 8.60. The van der Waals surface area contributed by atoms with Crippen molar-refractivity contribution in [1.82, 2.24) is 14.7 Å². The Hall–Kier alpha value is -2.28. The number of benzene rings is 1. The van der Waals surface area contributed by atoms with Crippen LogP contribution in [-0.4, -0.2) is 80.0 Å². The lowest BCUT2D eigenvalue weighted by molar-refractivity contribution is -0.141. The second-order valence-corrected chi connectivity index (χ2v) is 8.60. The summed E-state index contributed by atoms with van der Waals surface area (Å²) in [6.07, 6.45) is 2.16. The van der Waals surface area contributed by atoms with Gasteiger partial charge in [0, 0.05) is 70.3 Å². The lowest BCUT2D eigenvalue weighted by Gasteiger charge is -2.32. The molecule has 0 spiro atoms. The molecule has 3 aliphatic heterocycles. The number of hydrogen-bond acceptors (Lipinski definition) is 5. The molecule has 1 aromatic carbocycles. The summed E-state index contributed by atoms with van der Waals surface area (Å²) in [6.45, 7) is 6.74. The highest BCUT2D eigenvalue weighted by Crippen LogP contribution is 2.45. The number of fused-ring (bicyclic) bond motifs is 1. The summed E-state index contributed by atoms with van der Waals surface area (Å²) in [6, 6.07) is 5.87. The molecule has 2 atom stereocenters. The Morgan fingerprint density at radius 2 is 1.83 bits per heavy atom. The Kier molecular flexibility index (Phi) is 5.42. The van der Waals surface area contributed by atoms with E-state index in [9.17, 15) is 9.59 Å². The molecule has 2 amide bonds. The minimum atomic E-state index is -0.476. The summed E-state index contributed by atoms with van der Waals surface area (Å²) >= 11 is 0. The zero-order valence-corrected chi connectivity index (χ0v) is 17.6. The van der Waals surface area contributed by atoms with E-state index in [-0.39, 0.29) is 17.7 Å². The highest BCUT2D eigenvalue weighted by molar-refractivity contribution is 5.86. The molecule has 0 aromatic heterocycles. The van der Waals surface area contributed by atoms with Crippen molar-refractivity contribution in [2.45, 2.75) is 26.3 Å². The fourth-order valence-corrected chi connectivity index (χ4v) is 5.29. The van der Waals surface area contributed by atoms with Gasteiger partial charge in [-0.3, -0.25) is 14.5 Å². The second kappa shape index (κ2) is 7.86. The summed E-state index contributed by atoms with van der Waals surface area (Å²) in [7, 11) is 3.31. The van der Waals surface area contributed by atoms with Gasteiger partial charge in [-0.2, -0.15) is 0 Å². The molecular formula is C22H31N3O4. The number of hydrogen-bond donors (Lipinski definition) is 0. The quantitative estimate of drug-likeness (QED) is 0.750. The molecule has 0 bridgehead atoms. The Morgan fingerprint density at radius 1 is 1.07 bits per heavy atom. The number of carbonyl (C=O) groups is 2. The molecular weight excluding hydrogens is 370 g/mol. The van der Waals surface area contributed by atoms with Crippen molar-refractivity contribution in [2.75, 3.05) is 53.5 Å². The van der Waals surface area contributed by atoms with Crippen molar-refractivity contribution in [3.63, 3.8) is 0 Å². The van der Waals surface area contributed by atoms with Crippen LogP contribution in [0.4, 0.5) is 0 Å². The highest BCUT2D eigenvalue weighted by Gasteiger charge is 2.58. The van der Waals surface area contributed by atoms with Gasteiger partial charge in [-0.25, -0.2) is 0 Å². The molecule has 3 heterocycles. The van der Waals surface area contributed by atoms with E-state index in [0.717, 1.165) is 56.1 Å². The Morgan fingerprint density at radius 3 is 2.48 bits per heavy atom. The van der Waals surface area contributed by atoms with Crippen LogP contribution in [-0.2, 0) is 16.1 Å². The van der Waals surface area contributed by atoms with Gasteiger partial charge in [0.05, 0.1) is 19.6 Å². The molecule has 3 aliphatic rings. The first-order valence-corrected chi connectivity index (χ1v) is 10.4. The molecule has 158 valence electrons. The first kappa shape index (κ1) is 20.0. The van der Waals surface area contributed by atoms with Crippen LogP contribution in [0.5, 0.6) is 11.5 Å². The maximum Gasteiger partial charge on any atom is 0.232 e. The van der Waals surface area contributed by atoms with Crippen LogP contribution in [0.25, 0.3) is 0 Å². The van der Waals surface area contributed by atoms with Crippen LogP contribution in [0, 0.1) is 11.3 Å². The van der Waals surface area contributed by atoms with Gasteiger partial charge in [0.1, 0.15) is 11.5 Å². The third-order valence-electron chi connectivity index (χ3n) is 6.83. The zero-order valence-electron chi connectivity index (χ0n) is 17.6. The van der Waals surface area contributed by atoms with E-state index in [1.165, 1.54) is 0 Å². The molecule has 0 aliphatic carbocycles. The SMILES string of the molecule is COc1ccc(CN2C[C@@H]3CN(C(C)=O)C[C@]3(C(=O)N3CCCC3)C2)c(OC)c1. The minimum absolute atomic E-state index is 0.0661. The van der Waals surface area contributed by atoms with Crippen LogP contribution in [0.1, 0.15) is 25.3 Å². The third-order valence-corrected chi connectivity index (χ3v) is 6.83.